The SMILES string of the molecule is Cn1cc(C(O)C2CCN(C(=O)C=C3CCC3)CC2)c(=O)n(C)c1=O. The first kappa shape index (κ1) is 17.7. The summed E-state index contributed by atoms with van der Waals surface area (Å²) < 4.78 is 2.32. The van der Waals surface area contributed by atoms with Crippen molar-refractivity contribution >= 4 is 5.91 Å². The van der Waals surface area contributed by atoms with Crippen molar-refractivity contribution in [2.75, 3.05) is 13.1 Å². The van der Waals surface area contributed by atoms with Crippen molar-refractivity contribution in [3.8, 4) is 0 Å². The molecule has 0 aromatic carbocycles. The van der Waals surface area contributed by atoms with Crippen LogP contribution < -0.4 is 11.2 Å². The highest BCUT2D eigenvalue weighted by Crippen LogP contribution is 2.30. The van der Waals surface area contributed by atoms with Crippen molar-refractivity contribution in [1.82, 2.24) is 14.0 Å². The molecule has 0 bridgehead atoms. The van der Waals surface area contributed by atoms with Crippen molar-refractivity contribution in [2.24, 2.45) is 20.0 Å². The molecule has 1 aliphatic carbocycles. The number of amides is 1. The first-order chi connectivity index (χ1) is 11.9. The maximum atomic E-state index is 12.3. The van der Waals surface area contributed by atoms with Gasteiger partial charge in [0.2, 0.25) is 5.91 Å². The largest absolute Gasteiger partial charge is 0.388 e. The van der Waals surface area contributed by atoms with E-state index in [9.17, 15) is 19.5 Å². The van der Waals surface area contributed by atoms with Gasteiger partial charge < -0.3 is 14.6 Å². The number of piperidine rings is 1. The molecule has 1 saturated heterocycles. The van der Waals surface area contributed by atoms with Gasteiger partial charge in [0.1, 0.15) is 0 Å². The van der Waals surface area contributed by atoms with Crippen LogP contribution in [0.4, 0.5) is 0 Å². The molecule has 2 aliphatic rings. The Bertz CT molecular complexity index is 807. The normalized spacial score (nSPS) is 19.5. The number of hydrogen-bond acceptors (Lipinski definition) is 4. The number of hydrogen-bond donors (Lipinski definition) is 1. The second-order valence-electron chi connectivity index (χ2n) is 7.11. The average molecular weight is 347 g/mol. The van der Waals surface area contributed by atoms with Gasteiger partial charge in [-0.3, -0.25) is 14.2 Å². The van der Waals surface area contributed by atoms with Gasteiger partial charge in [-0.15, -0.1) is 0 Å². The summed E-state index contributed by atoms with van der Waals surface area (Å²) in [5, 5.41) is 10.6. The van der Waals surface area contributed by atoms with Crippen molar-refractivity contribution in [3.05, 3.63) is 44.2 Å². The number of allylic oxidation sites excluding steroid dienone is 1. The van der Waals surface area contributed by atoms with Crippen LogP contribution >= 0.6 is 0 Å². The third-order valence-electron chi connectivity index (χ3n) is 5.41. The van der Waals surface area contributed by atoms with Crippen LogP contribution in [-0.2, 0) is 18.9 Å². The molecule has 1 atom stereocenters. The highest BCUT2D eigenvalue weighted by molar-refractivity contribution is 5.88. The zero-order valence-corrected chi connectivity index (χ0v) is 14.8. The lowest BCUT2D eigenvalue weighted by molar-refractivity contribution is -0.128. The van der Waals surface area contributed by atoms with Gasteiger partial charge in [-0.2, -0.15) is 0 Å². The molecule has 1 amide bonds. The molecule has 2 heterocycles. The van der Waals surface area contributed by atoms with E-state index in [-0.39, 0.29) is 17.4 Å². The van der Waals surface area contributed by atoms with Crippen LogP contribution in [0.5, 0.6) is 0 Å². The maximum absolute atomic E-state index is 12.3. The summed E-state index contributed by atoms with van der Waals surface area (Å²) in [4.78, 5) is 38.1. The molecular formula is C18H25N3O4. The van der Waals surface area contributed by atoms with Gasteiger partial charge in [0.15, 0.2) is 0 Å². The molecule has 7 heteroatoms. The Hall–Kier alpha value is -2.15. The Morgan fingerprint density at radius 1 is 1.24 bits per heavy atom. The molecule has 3 rings (SSSR count). The number of rotatable bonds is 3. The Balaban J connectivity index is 1.68. The summed E-state index contributed by atoms with van der Waals surface area (Å²) >= 11 is 0. The minimum atomic E-state index is -0.923. The molecule has 1 saturated carbocycles. The van der Waals surface area contributed by atoms with Crippen molar-refractivity contribution in [3.63, 3.8) is 0 Å². The second kappa shape index (κ2) is 7.00. The molecule has 136 valence electrons. The van der Waals surface area contributed by atoms with E-state index in [2.05, 4.69) is 0 Å². The summed E-state index contributed by atoms with van der Waals surface area (Å²) in [6.07, 6.45) is 6.75. The summed E-state index contributed by atoms with van der Waals surface area (Å²) in [5.41, 5.74) is 0.598. The number of carbonyl (C=O) groups excluding carboxylic acids is 1. The smallest absolute Gasteiger partial charge is 0.330 e. The van der Waals surface area contributed by atoms with Gasteiger partial charge in [0.25, 0.3) is 5.56 Å². The van der Waals surface area contributed by atoms with E-state index in [0.29, 0.717) is 25.9 Å². The number of carbonyl (C=O) groups is 1. The second-order valence-corrected chi connectivity index (χ2v) is 7.11. The van der Waals surface area contributed by atoms with E-state index in [1.807, 2.05) is 4.90 Å². The number of aliphatic hydroxyl groups excluding tert-OH is 1. The predicted octanol–water partition coefficient (Wildman–Crippen LogP) is 0.466. The molecule has 1 aromatic rings. The summed E-state index contributed by atoms with van der Waals surface area (Å²) in [5.74, 6) is -0.0359. The van der Waals surface area contributed by atoms with Gasteiger partial charge >= 0.3 is 5.69 Å². The first-order valence-electron chi connectivity index (χ1n) is 8.81. The monoisotopic (exact) mass is 347 g/mol. The fourth-order valence-corrected chi connectivity index (χ4v) is 3.52. The van der Waals surface area contributed by atoms with Crippen LogP contribution in [-0.4, -0.2) is 38.1 Å². The summed E-state index contributed by atoms with van der Waals surface area (Å²) in [7, 11) is 2.98. The number of nitrogens with zero attached hydrogens (tertiary/aromatic N) is 3. The van der Waals surface area contributed by atoms with Crippen molar-refractivity contribution < 1.29 is 9.90 Å². The zero-order chi connectivity index (χ0) is 18.1. The maximum Gasteiger partial charge on any atom is 0.330 e. The molecule has 1 unspecified atom stereocenters. The minimum absolute atomic E-state index is 0.0562. The van der Waals surface area contributed by atoms with E-state index >= 15 is 0 Å². The van der Waals surface area contributed by atoms with Crippen LogP contribution in [0.15, 0.2) is 27.4 Å². The van der Waals surface area contributed by atoms with Crippen LogP contribution in [0.1, 0.15) is 43.8 Å². The third kappa shape index (κ3) is 3.46. The van der Waals surface area contributed by atoms with Gasteiger partial charge in [-0.05, 0) is 38.0 Å². The summed E-state index contributed by atoms with van der Waals surface area (Å²) in [6.45, 7) is 1.16. The first-order valence-corrected chi connectivity index (χ1v) is 8.81. The quantitative estimate of drug-likeness (QED) is 0.806. The Morgan fingerprint density at radius 2 is 1.88 bits per heavy atom. The molecule has 25 heavy (non-hydrogen) atoms. The molecule has 1 aromatic heterocycles. The molecular weight excluding hydrogens is 322 g/mol. The zero-order valence-electron chi connectivity index (χ0n) is 14.8. The van der Waals surface area contributed by atoms with E-state index in [4.69, 9.17) is 0 Å². The molecule has 1 N–H and O–H groups in total. The van der Waals surface area contributed by atoms with Crippen LogP contribution in [0.2, 0.25) is 0 Å². The van der Waals surface area contributed by atoms with Crippen LogP contribution in [0.3, 0.4) is 0 Å². The van der Waals surface area contributed by atoms with E-state index in [1.54, 1.807) is 13.1 Å². The average Bonchev–Trinajstić information content (AvgIpc) is 2.58. The van der Waals surface area contributed by atoms with Gasteiger partial charge in [-0.25, -0.2) is 4.79 Å². The number of likely N-dealkylation sites (tertiary alicyclic amines) is 1. The predicted molar refractivity (Wildman–Crippen MR) is 93.1 cm³/mol. The van der Waals surface area contributed by atoms with Gasteiger partial charge in [0.05, 0.1) is 11.7 Å². The fourth-order valence-electron chi connectivity index (χ4n) is 3.52. The summed E-state index contributed by atoms with van der Waals surface area (Å²) in [6, 6.07) is 0. The molecule has 1 aliphatic heterocycles. The highest BCUT2D eigenvalue weighted by atomic mass is 16.3. The minimum Gasteiger partial charge on any atom is -0.388 e. The Kier molecular flexibility index (Phi) is 4.94. The number of aryl methyl sites for hydroxylation is 1. The highest BCUT2D eigenvalue weighted by Gasteiger charge is 2.30. The number of aliphatic hydroxyl groups is 1. The van der Waals surface area contributed by atoms with E-state index < -0.39 is 17.4 Å². The van der Waals surface area contributed by atoms with Crippen molar-refractivity contribution in [2.45, 2.75) is 38.2 Å². The lowest BCUT2D eigenvalue weighted by Crippen LogP contribution is -2.42. The van der Waals surface area contributed by atoms with Crippen LogP contribution in [0.25, 0.3) is 0 Å². The fraction of sp³-hybridized carbons (Fsp3) is 0.611. The molecule has 0 radical (unpaired) electrons. The Labute approximate surface area is 146 Å². The Morgan fingerprint density at radius 3 is 2.44 bits per heavy atom. The van der Waals surface area contributed by atoms with Crippen molar-refractivity contribution in [1.29, 1.82) is 0 Å². The lowest BCUT2D eigenvalue weighted by Gasteiger charge is -2.34. The van der Waals surface area contributed by atoms with E-state index in [1.165, 1.54) is 29.8 Å². The number of aromatic nitrogens is 2. The third-order valence-corrected chi connectivity index (χ3v) is 5.41. The molecule has 7 nitrogen and oxygen atoms in total. The topological polar surface area (TPSA) is 84.5 Å². The van der Waals surface area contributed by atoms with Gasteiger partial charge in [-0.1, -0.05) is 5.57 Å². The standard InChI is InChI=1S/C18H25N3O4/c1-19-11-14(17(24)20(2)18(19)25)16(23)13-6-8-21(9-7-13)15(22)10-12-4-3-5-12/h10-11,13,16,23H,3-9H2,1-2H3. The van der Waals surface area contributed by atoms with E-state index in [0.717, 1.165) is 17.4 Å². The van der Waals surface area contributed by atoms with Gasteiger partial charge in [0, 0.05) is 39.5 Å². The molecule has 2 fully saturated rings. The van der Waals surface area contributed by atoms with Crippen LogP contribution in [0, 0.1) is 5.92 Å². The lowest BCUT2D eigenvalue weighted by atomic mass is 9.88. The molecule has 0 spiro atoms.